The number of rotatable bonds is 1. The van der Waals surface area contributed by atoms with Gasteiger partial charge in [0.15, 0.2) is 6.29 Å². The second-order valence-corrected chi connectivity index (χ2v) is 4.86. The van der Waals surface area contributed by atoms with Crippen LogP contribution in [0.5, 0.6) is 0 Å². The maximum Gasteiger partial charge on any atom is 0.186 e. The van der Waals surface area contributed by atoms with Gasteiger partial charge in [-0.05, 0) is 12.8 Å². The van der Waals surface area contributed by atoms with Gasteiger partial charge < -0.3 is 19.7 Å². The molecule has 0 aliphatic carbocycles. The SMILES string of the molecule is OC1C2OCCCCC(C(CBr)O2)C1O. The summed E-state index contributed by atoms with van der Waals surface area (Å²) in [5.74, 6) is 0.0114. The first-order valence-electron chi connectivity index (χ1n) is 5.43. The Kier molecular flexibility index (Phi) is 4.01. The van der Waals surface area contributed by atoms with Crippen molar-refractivity contribution in [3.63, 3.8) is 0 Å². The van der Waals surface area contributed by atoms with Crippen molar-refractivity contribution in [1.82, 2.24) is 0 Å². The third-order valence-corrected chi connectivity index (χ3v) is 3.86. The summed E-state index contributed by atoms with van der Waals surface area (Å²) in [5, 5.41) is 20.4. The molecule has 4 nitrogen and oxygen atoms in total. The van der Waals surface area contributed by atoms with E-state index in [1.165, 1.54) is 0 Å². The molecular formula is C10H17BrO4. The summed E-state index contributed by atoms with van der Waals surface area (Å²) in [4.78, 5) is 0. The summed E-state index contributed by atoms with van der Waals surface area (Å²) in [6.07, 6.45) is 0.472. The van der Waals surface area contributed by atoms with Gasteiger partial charge in [0, 0.05) is 17.9 Å². The van der Waals surface area contributed by atoms with Gasteiger partial charge in [0.05, 0.1) is 12.2 Å². The van der Waals surface area contributed by atoms with Crippen LogP contribution in [0.15, 0.2) is 0 Å². The quantitative estimate of drug-likeness (QED) is 0.693. The number of alkyl halides is 1. The normalized spacial score (nSPS) is 47.0. The van der Waals surface area contributed by atoms with Crippen molar-refractivity contribution in [3.05, 3.63) is 0 Å². The molecule has 2 bridgehead atoms. The molecule has 3 aliphatic heterocycles. The van der Waals surface area contributed by atoms with E-state index in [1.807, 2.05) is 0 Å². The Balaban J connectivity index is 2.16. The zero-order valence-corrected chi connectivity index (χ0v) is 10.1. The van der Waals surface area contributed by atoms with Crippen molar-refractivity contribution in [1.29, 1.82) is 0 Å². The number of hydrogen-bond donors (Lipinski definition) is 2. The van der Waals surface area contributed by atoms with E-state index >= 15 is 0 Å². The number of hydrogen-bond acceptors (Lipinski definition) is 4. The van der Waals surface area contributed by atoms with Gasteiger partial charge in [0.1, 0.15) is 6.10 Å². The summed E-state index contributed by atoms with van der Waals surface area (Å²) in [6, 6.07) is 0. The lowest BCUT2D eigenvalue weighted by Crippen LogP contribution is -2.55. The highest BCUT2D eigenvalue weighted by molar-refractivity contribution is 9.09. The van der Waals surface area contributed by atoms with E-state index < -0.39 is 18.5 Å². The van der Waals surface area contributed by atoms with Gasteiger partial charge in [-0.2, -0.15) is 0 Å². The summed E-state index contributed by atoms with van der Waals surface area (Å²) >= 11 is 3.37. The zero-order valence-electron chi connectivity index (χ0n) is 8.51. The zero-order chi connectivity index (χ0) is 10.8. The minimum atomic E-state index is -0.914. The first-order valence-corrected chi connectivity index (χ1v) is 6.55. The third-order valence-electron chi connectivity index (χ3n) is 3.22. The highest BCUT2D eigenvalue weighted by atomic mass is 79.9. The third kappa shape index (κ3) is 2.36. The Hall–Kier alpha value is 0.320. The largest absolute Gasteiger partial charge is 0.390 e. The Morgan fingerprint density at radius 1 is 1.20 bits per heavy atom. The van der Waals surface area contributed by atoms with E-state index in [2.05, 4.69) is 15.9 Å². The second-order valence-electron chi connectivity index (χ2n) is 4.21. The first-order chi connectivity index (χ1) is 7.24. The number of halogens is 1. The first kappa shape index (κ1) is 11.8. The highest BCUT2D eigenvalue weighted by Crippen LogP contribution is 2.32. The average Bonchev–Trinajstić information content (AvgIpc) is 2.38. The van der Waals surface area contributed by atoms with Crippen LogP contribution in [-0.2, 0) is 9.47 Å². The van der Waals surface area contributed by atoms with E-state index in [1.54, 1.807) is 0 Å². The molecule has 0 amide bonds. The van der Waals surface area contributed by atoms with Gasteiger partial charge in [0.25, 0.3) is 0 Å². The molecule has 15 heavy (non-hydrogen) atoms. The smallest absolute Gasteiger partial charge is 0.186 e. The Morgan fingerprint density at radius 2 is 2.00 bits per heavy atom. The predicted octanol–water partition coefficient (Wildman–Crippen LogP) is 0.645. The van der Waals surface area contributed by atoms with E-state index in [4.69, 9.17) is 9.47 Å². The predicted molar refractivity (Wildman–Crippen MR) is 57.8 cm³/mol. The average molecular weight is 281 g/mol. The van der Waals surface area contributed by atoms with Crippen molar-refractivity contribution in [2.75, 3.05) is 11.9 Å². The fourth-order valence-electron chi connectivity index (χ4n) is 2.31. The van der Waals surface area contributed by atoms with Crippen LogP contribution < -0.4 is 0 Å². The molecule has 0 saturated carbocycles. The molecule has 3 heterocycles. The minimum absolute atomic E-state index is 0.0114. The fourth-order valence-corrected chi connectivity index (χ4v) is 2.95. The van der Waals surface area contributed by atoms with Crippen molar-refractivity contribution in [2.24, 2.45) is 5.92 Å². The molecule has 0 radical (unpaired) electrons. The van der Waals surface area contributed by atoms with Gasteiger partial charge >= 0.3 is 0 Å². The van der Waals surface area contributed by atoms with E-state index in [-0.39, 0.29) is 12.0 Å². The molecule has 88 valence electrons. The lowest BCUT2D eigenvalue weighted by atomic mass is 9.86. The maximum atomic E-state index is 9.97. The molecule has 3 rings (SSSR count). The molecule has 5 unspecified atom stereocenters. The van der Waals surface area contributed by atoms with Crippen molar-refractivity contribution < 1.29 is 19.7 Å². The molecule has 5 heteroatoms. The van der Waals surface area contributed by atoms with Crippen LogP contribution in [0.2, 0.25) is 0 Å². The minimum Gasteiger partial charge on any atom is -0.390 e. The lowest BCUT2D eigenvalue weighted by molar-refractivity contribution is -0.277. The van der Waals surface area contributed by atoms with Crippen molar-refractivity contribution in [3.8, 4) is 0 Å². The van der Waals surface area contributed by atoms with Gasteiger partial charge in [0.2, 0.25) is 0 Å². The van der Waals surface area contributed by atoms with E-state index in [9.17, 15) is 10.2 Å². The molecule has 0 aromatic carbocycles. The van der Waals surface area contributed by atoms with E-state index in [0.29, 0.717) is 11.9 Å². The molecule has 0 spiro atoms. The molecule has 0 aromatic heterocycles. The number of aliphatic hydroxyl groups excluding tert-OH is 2. The summed E-state index contributed by atoms with van der Waals surface area (Å²) in [7, 11) is 0. The fraction of sp³-hybridized carbons (Fsp3) is 1.00. The van der Waals surface area contributed by atoms with Crippen LogP contribution in [-0.4, -0.2) is 46.8 Å². The standard InChI is InChI=1S/C10H17BrO4/c11-5-7-6-3-1-2-4-14-10(15-7)9(13)8(6)12/h6-10,12-13H,1-5H2. The van der Waals surface area contributed by atoms with Gasteiger partial charge in [-0.25, -0.2) is 0 Å². The van der Waals surface area contributed by atoms with Gasteiger partial charge in [-0.15, -0.1) is 0 Å². The highest BCUT2D eigenvalue weighted by Gasteiger charge is 2.44. The summed E-state index contributed by atoms with van der Waals surface area (Å²) in [5.41, 5.74) is 0. The van der Waals surface area contributed by atoms with Crippen LogP contribution in [0.1, 0.15) is 19.3 Å². The molecule has 3 saturated heterocycles. The summed E-state index contributed by atoms with van der Waals surface area (Å²) in [6.45, 7) is 0.593. The van der Waals surface area contributed by atoms with Crippen molar-refractivity contribution >= 4 is 15.9 Å². The van der Waals surface area contributed by atoms with Gasteiger partial charge in [-0.3, -0.25) is 0 Å². The summed E-state index contributed by atoms with van der Waals surface area (Å²) < 4.78 is 11.0. The van der Waals surface area contributed by atoms with E-state index in [0.717, 1.165) is 19.3 Å². The van der Waals surface area contributed by atoms with Crippen molar-refractivity contribution in [2.45, 2.75) is 43.9 Å². The van der Waals surface area contributed by atoms with Crippen LogP contribution in [0.3, 0.4) is 0 Å². The number of aliphatic hydroxyl groups is 2. The van der Waals surface area contributed by atoms with Crippen LogP contribution in [0, 0.1) is 5.92 Å². The van der Waals surface area contributed by atoms with Crippen LogP contribution >= 0.6 is 15.9 Å². The van der Waals surface area contributed by atoms with Crippen LogP contribution in [0.4, 0.5) is 0 Å². The van der Waals surface area contributed by atoms with Crippen LogP contribution in [0.25, 0.3) is 0 Å². The molecule has 2 N–H and O–H groups in total. The molecule has 3 aliphatic rings. The second kappa shape index (κ2) is 5.10. The van der Waals surface area contributed by atoms with Gasteiger partial charge in [-0.1, -0.05) is 22.4 Å². The topological polar surface area (TPSA) is 58.9 Å². The lowest BCUT2D eigenvalue weighted by Gasteiger charge is -2.41. The Bertz CT molecular complexity index is 210. The molecule has 5 atom stereocenters. The number of fused-ring (bicyclic) bond motifs is 6. The maximum absolute atomic E-state index is 9.97. The molecule has 0 aromatic rings. The molecule has 3 fully saturated rings. The Morgan fingerprint density at radius 3 is 2.73 bits per heavy atom. The molecular weight excluding hydrogens is 264 g/mol. The number of ether oxygens (including phenoxy) is 2. The Labute approximate surface area is 97.7 Å². The monoisotopic (exact) mass is 280 g/mol.